The zero-order chi connectivity index (χ0) is 16.4. The van der Waals surface area contributed by atoms with E-state index < -0.39 is 10.0 Å². The van der Waals surface area contributed by atoms with E-state index >= 15 is 0 Å². The highest BCUT2D eigenvalue weighted by atomic mass is 32.2. The van der Waals surface area contributed by atoms with Gasteiger partial charge in [0.2, 0.25) is 10.0 Å². The highest BCUT2D eigenvalue weighted by Gasteiger charge is 2.31. The van der Waals surface area contributed by atoms with Crippen molar-refractivity contribution in [1.82, 2.24) is 13.9 Å². The monoisotopic (exact) mass is 335 g/mol. The maximum atomic E-state index is 13.0. The number of methoxy groups -OCH3 is 1. The highest BCUT2D eigenvalue weighted by Crippen LogP contribution is 2.24. The quantitative estimate of drug-likeness (QED) is 0.852. The summed E-state index contributed by atoms with van der Waals surface area (Å²) in [6, 6.07) is 7.03. The van der Waals surface area contributed by atoms with Crippen LogP contribution in [0.2, 0.25) is 0 Å². The Morgan fingerprint density at radius 2 is 2.17 bits per heavy atom. The summed E-state index contributed by atoms with van der Waals surface area (Å²) in [5, 5.41) is 0. The molecule has 3 rings (SSSR count). The molecule has 124 valence electrons. The molecule has 6 nitrogen and oxygen atoms in total. The second kappa shape index (κ2) is 6.43. The predicted molar refractivity (Wildman–Crippen MR) is 86.4 cm³/mol. The number of benzene rings is 1. The van der Waals surface area contributed by atoms with Crippen LogP contribution in [-0.4, -0.2) is 42.5 Å². The van der Waals surface area contributed by atoms with Crippen LogP contribution in [0.15, 0.2) is 41.7 Å². The molecular formula is C16H21N3O3S. The van der Waals surface area contributed by atoms with Crippen molar-refractivity contribution in [3.8, 4) is 0 Å². The average molecular weight is 335 g/mol. The van der Waals surface area contributed by atoms with Gasteiger partial charge in [0.25, 0.3) is 0 Å². The van der Waals surface area contributed by atoms with Crippen molar-refractivity contribution in [3.05, 3.63) is 48.0 Å². The molecule has 0 saturated carbocycles. The van der Waals surface area contributed by atoms with Crippen molar-refractivity contribution in [2.45, 2.75) is 24.9 Å². The molecule has 0 fully saturated rings. The molecule has 0 saturated heterocycles. The number of sulfonamides is 1. The minimum absolute atomic E-state index is 0.0926. The van der Waals surface area contributed by atoms with Gasteiger partial charge >= 0.3 is 0 Å². The van der Waals surface area contributed by atoms with E-state index in [0.717, 1.165) is 11.3 Å². The lowest BCUT2D eigenvalue weighted by atomic mass is 10.1. The summed E-state index contributed by atoms with van der Waals surface area (Å²) in [6.45, 7) is 3.88. The Bertz CT molecular complexity index is 785. The van der Waals surface area contributed by atoms with Gasteiger partial charge in [-0.05, 0) is 24.6 Å². The summed E-state index contributed by atoms with van der Waals surface area (Å²) < 4.78 is 34.9. The largest absolute Gasteiger partial charge is 0.384 e. The van der Waals surface area contributed by atoms with Crippen LogP contribution >= 0.6 is 0 Å². The maximum absolute atomic E-state index is 13.0. The number of hydrogen-bond acceptors (Lipinski definition) is 4. The van der Waals surface area contributed by atoms with Crippen LogP contribution in [0.3, 0.4) is 0 Å². The minimum atomic E-state index is -3.54. The Labute approximate surface area is 136 Å². The fourth-order valence-corrected chi connectivity index (χ4v) is 4.56. The first-order valence-electron chi connectivity index (χ1n) is 7.55. The normalized spacial score (nSPS) is 19.3. The molecule has 23 heavy (non-hydrogen) atoms. The molecule has 0 spiro atoms. The van der Waals surface area contributed by atoms with Crippen molar-refractivity contribution >= 4 is 10.0 Å². The molecule has 1 aliphatic heterocycles. The van der Waals surface area contributed by atoms with E-state index in [1.807, 2.05) is 17.6 Å². The van der Waals surface area contributed by atoms with Gasteiger partial charge in [-0.25, -0.2) is 13.4 Å². The van der Waals surface area contributed by atoms with Crippen molar-refractivity contribution in [2.75, 3.05) is 20.3 Å². The lowest BCUT2D eigenvalue weighted by molar-refractivity contribution is 0.134. The van der Waals surface area contributed by atoms with Gasteiger partial charge in [0.15, 0.2) is 0 Å². The van der Waals surface area contributed by atoms with Gasteiger partial charge in [0.05, 0.1) is 30.1 Å². The van der Waals surface area contributed by atoms with Crippen LogP contribution < -0.4 is 0 Å². The zero-order valence-corrected chi connectivity index (χ0v) is 14.2. The molecule has 0 N–H and O–H groups in total. The van der Waals surface area contributed by atoms with Gasteiger partial charge in [-0.3, -0.25) is 0 Å². The Morgan fingerprint density at radius 3 is 2.91 bits per heavy atom. The Morgan fingerprint density at radius 1 is 1.35 bits per heavy atom. The number of imidazole rings is 1. The van der Waals surface area contributed by atoms with E-state index in [2.05, 4.69) is 4.98 Å². The SMILES string of the molecule is COCC1CN(S(=O)(=O)c2cccc(C)c2)Cc2cncn2C1. The summed E-state index contributed by atoms with van der Waals surface area (Å²) in [7, 11) is -1.91. The molecular weight excluding hydrogens is 314 g/mol. The van der Waals surface area contributed by atoms with Gasteiger partial charge in [-0.2, -0.15) is 4.31 Å². The second-order valence-electron chi connectivity index (χ2n) is 5.97. The van der Waals surface area contributed by atoms with Crippen molar-refractivity contribution in [2.24, 2.45) is 5.92 Å². The molecule has 0 amide bonds. The molecule has 2 aromatic rings. The first-order chi connectivity index (χ1) is 11.0. The Balaban J connectivity index is 1.97. The maximum Gasteiger partial charge on any atom is 0.243 e. The van der Waals surface area contributed by atoms with E-state index in [9.17, 15) is 8.42 Å². The number of aromatic nitrogens is 2. The van der Waals surface area contributed by atoms with Gasteiger partial charge in [-0.15, -0.1) is 0 Å². The molecule has 0 aliphatic carbocycles. The summed E-state index contributed by atoms with van der Waals surface area (Å²) >= 11 is 0. The second-order valence-corrected chi connectivity index (χ2v) is 7.91. The lowest BCUT2D eigenvalue weighted by Gasteiger charge is -2.23. The third kappa shape index (κ3) is 3.31. The van der Waals surface area contributed by atoms with Crippen LogP contribution in [0.1, 0.15) is 11.3 Å². The van der Waals surface area contributed by atoms with Crippen molar-refractivity contribution in [3.63, 3.8) is 0 Å². The molecule has 2 heterocycles. The van der Waals surface area contributed by atoms with Crippen LogP contribution in [0.25, 0.3) is 0 Å². The molecule has 1 aromatic carbocycles. The van der Waals surface area contributed by atoms with Gasteiger partial charge in [0.1, 0.15) is 0 Å². The minimum Gasteiger partial charge on any atom is -0.384 e. The van der Waals surface area contributed by atoms with Crippen molar-refractivity contribution in [1.29, 1.82) is 0 Å². The van der Waals surface area contributed by atoms with Crippen LogP contribution in [-0.2, 0) is 27.8 Å². The fourth-order valence-electron chi connectivity index (χ4n) is 2.96. The summed E-state index contributed by atoms with van der Waals surface area (Å²) in [5.74, 6) is 0.0926. The molecule has 1 atom stereocenters. The molecule has 1 aliphatic rings. The highest BCUT2D eigenvalue weighted by molar-refractivity contribution is 7.89. The zero-order valence-electron chi connectivity index (χ0n) is 13.3. The van der Waals surface area contributed by atoms with Gasteiger partial charge < -0.3 is 9.30 Å². The Hall–Kier alpha value is -1.70. The first-order valence-corrected chi connectivity index (χ1v) is 8.99. The van der Waals surface area contributed by atoms with Gasteiger partial charge in [0, 0.05) is 32.3 Å². The summed E-state index contributed by atoms with van der Waals surface area (Å²) in [6.07, 6.45) is 3.48. The Kier molecular flexibility index (Phi) is 4.52. The third-order valence-electron chi connectivity index (χ3n) is 4.08. The standard InChI is InChI=1S/C16H21N3O3S/c1-13-4-3-5-16(6-13)23(20,21)19-9-14(11-22-2)8-18-12-17-7-15(18)10-19/h3-7,12,14H,8-11H2,1-2H3. The number of fused-ring (bicyclic) bond motifs is 1. The predicted octanol–water partition coefficient (Wildman–Crippen LogP) is 1.66. The number of ether oxygens (including phenoxy) is 1. The van der Waals surface area contributed by atoms with E-state index in [0.29, 0.717) is 31.1 Å². The molecule has 0 bridgehead atoms. The van der Waals surface area contributed by atoms with Crippen LogP contribution in [0.4, 0.5) is 0 Å². The van der Waals surface area contributed by atoms with Crippen molar-refractivity contribution < 1.29 is 13.2 Å². The first kappa shape index (κ1) is 16.2. The third-order valence-corrected chi connectivity index (χ3v) is 5.89. The van der Waals surface area contributed by atoms with E-state index in [1.165, 1.54) is 4.31 Å². The molecule has 0 radical (unpaired) electrons. The van der Waals surface area contributed by atoms with E-state index in [1.54, 1.807) is 37.8 Å². The fraction of sp³-hybridized carbons (Fsp3) is 0.438. The number of aryl methyl sites for hydroxylation is 1. The molecule has 7 heteroatoms. The lowest BCUT2D eigenvalue weighted by Crippen LogP contribution is -2.35. The summed E-state index contributed by atoms with van der Waals surface area (Å²) in [4.78, 5) is 4.48. The smallest absolute Gasteiger partial charge is 0.243 e. The van der Waals surface area contributed by atoms with Crippen LogP contribution in [0.5, 0.6) is 0 Å². The van der Waals surface area contributed by atoms with Crippen LogP contribution in [0, 0.1) is 12.8 Å². The summed E-state index contributed by atoms with van der Waals surface area (Å²) in [5.41, 5.74) is 1.83. The number of hydrogen-bond donors (Lipinski definition) is 0. The number of nitrogens with zero attached hydrogens (tertiary/aromatic N) is 3. The molecule has 1 unspecified atom stereocenters. The average Bonchev–Trinajstić information content (AvgIpc) is 2.86. The van der Waals surface area contributed by atoms with E-state index in [4.69, 9.17) is 4.74 Å². The number of rotatable bonds is 4. The topological polar surface area (TPSA) is 64.4 Å². The van der Waals surface area contributed by atoms with Gasteiger partial charge in [-0.1, -0.05) is 12.1 Å². The van der Waals surface area contributed by atoms with E-state index in [-0.39, 0.29) is 5.92 Å². The molecule has 1 aromatic heterocycles.